The molecule has 3 rings (SSSR count). The molecule has 0 aliphatic heterocycles. The predicted molar refractivity (Wildman–Crippen MR) is 93.3 cm³/mol. The first-order valence-corrected chi connectivity index (χ1v) is 7.76. The van der Waals surface area contributed by atoms with Crippen LogP contribution >= 0.6 is 0 Å². The van der Waals surface area contributed by atoms with Crippen LogP contribution in [0, 0.1) is 0 Å². The second-order valence-corrected chi connectivity index (χ2v) is 5.94. The number of hydrogen-bond donors (Lipinski definition) is 0. The number of benzene rings is 1. The molecule has 23 heavy (non-hydrogen) atoms. The molecule has 0 unspecified atom stereocenters. The van der Waals surface area contributed by atoms with Gasteiger partial charge in [-0.05, 0) is 43.6 Å². The fourth-order valence-electron chi connectivity index (χ4n) is 2.86. The van der Waals surface area contributed by atoms with Gasteiger partial charge in [0.15, 0.2) is 0 Å². The SMILES string of the molecule is C[C@H](c1ccccn1)N(C)Cc1cc2ccccc2n(C)c1=O. The van der Waals surface area contributed by atoms with Crippen LogP contribution in [-0.4, -0.2) is 21.5 Å². The number of aromatic nitrogens is 2. The lowest BCUT2D eigenvalue weighted by Crippen LogP contribution is -2.29. The summed E-state index contributed by atoms with van der Waals surface area (Å²) in [5, 5.41) is 1.09. The Bertz CT molecular complexity index is 871. The van der Waals surface area contributed by atoms with Crippen LogP contribution in [0.3, 0.4) is 0 Å². The van der Waals surface area contributed by atoms with E-state index in [1.54, 1.807) is 10.8 Å². The largest absolute Gasteiger partial charge is 0.311 e. The Balaban J connectivity index is 1.92. The van der Waals surface area contributed by atoms with Gasteiger partial charge in [0.05, 0.1) is 11.2 Å². The van der Waals surface area contributed by atoms with Crippen LogP contribution in [0.15, 0.2) is 59.5 Å². The average Bonchev–Trinajstić information content (AvgIpc) is 2.59. The summed E-state index contributed by atoms with van der Waals surface area (Å²) in [7, 11) is 3.85. The Kier molecular flexibility index (Phi) is 4.26. The van der Waals surface area contributed by atoms with Crippen LogP contribution in [0.2, 0.25) is 0 Å². The molecule has 0 aliphatic rings. The molecule has 2 aromatic heterocycles. The van der Waals surface area contributed by atoms with Crippen molar-refractivity contribution in [2.45, 2.75) is 19.5 Å². The molecule has 0 N–H and O–H groups in total. The summed E-state index contributed by atoms with van der Waals surface area (Å²) in [5.74, 6) is 0. The molecule has 0 radical (unpaired) electrons. The highest BCUT2D eigenvalue weighted by molar-refractivity contribution is 5.79. The predicted octanol–water partition coefficient (Wildman–Crippen LogP) is 3.13. The van der Waals surface area contributed by atoms with E-state index in [9.17, 15) is 4.79 Å². The lowest BCUT2D eigenvalue weighted by molar-refractivity contribution is 0.247. The lowest BCUT2D eigenvalue weighted by Gasteiger charge is -2.24. The molecule has 0 aliphatic carbocycles. The highest BCUT2D eigenvalue weighted by atomic mass is 16.1. The third-order valence-corrected chi connectivity index (χ3v) is 4.40. The highest BCUT2D eigenvalue weighted by Gasteiger charge is 2.15. The molecule has 0 spiro atoms. The van der Waals surface area contributed by atoms with E-state index in [1.165, 1.54) is 0 Å². The van der Waals surface area contributed by atoms with Gasteiger partial charge in [-0.2, -0.15) is 0 Å². The van der Waals surface area contributed by atoms with Crippen molar-refractivity contribution in [3.63, 3.8) is 0 Å². The molecule has 118 valence electrons. The van der Waals surface area contributed by atoms with Gasteiger partial charge in [0, 0.05) is 31.4 Å². The first-order chi connectivity index (χ1) is 11.1. The summed E-state index contributed by atoms with van der Waals surface area (Å²) in [6.45, 7) is 2.70. The summed E-state index contributed by atoms with van der Waals surface area (Å²) in [6.07, 6.45) is 1.80. The number of aryl methyl sites for hydroxylation is 1. The number of pyridine rings is 2. The van der Waals surface area contributed by atoms with Crippen molar-refractivity contribution < 1.29 is 0 Å². The Labute approximate surface area is 136 Å². The van der Waals surface area contributed by atoms with Crippen LogP contribution < -0.4 is 5.56 Å². The van der Waals surface area contributed by atoms with Crippen LogP contribution in [0.25, 0.3) is 10.9 Å². The fourth-order valence-corrected chi connectivity index (χ4v) is 2.86. The maximum absolute atomic E-state index is 12.6. The molecule has 0 bridgehead atoms. The fraction of sp³-hybridized carbons (Fsp3) is 0.263. The van der Waals surface area contributed by atoms with Crippen LogP contribution in [0.5, 0.6) is 0 Å². The van der Waals surface area contributed by atoms with Crippen LogP contribution in [-0.2, 0) is 13.6 Å². The van der Waals surface area contributed by atoms with Gasteiger partial charge in [0.2, 0.25) is 0 Å². The summed E-state index contributed by atoms with van der Waals surface area (Å²) < 4.78 is 1.73. The number of fused-ring (bicyclic) bond motifs is 1. The molecule has 0 saturated heterocycles. The average molecular weight is 307 g/mol. The molecule has 4 heteroatoms. The second kappa shape index (κ2) is 6.34. The van der Waals surface area contributed by atoms with Crippen LogP contribution in [0.1, 0.15) is 24.2 Å². The van der Waals surface area contributed by atoms with Crippen molar-refractivity contribution in [2.24, 2.45) is 7.05 Å². The van der Waals surface area contributed by atoms with Gasteiger partial charge in [0.1, 0.15) is 0 Å². The third kappa shape index (κ3) is 3.03. The summed E-state index contributed by atoms with van der Waals surface area (Å²) in [6, 6.07) is 16.0. The third-order valence-electron chi connectivity index (χ3n) is 4.40. The van der Waals surface area contributed by atoms with Gasteiger partial charge >= 0.3 is 0 Å². The molecule has 0 saturated carbocycles. The van der Waals surface area contributed by atoms with Gasteiger partial charge in [-0.3, -0.25) is 14.7 Å². The molecular weight excluding hydrogens is 286 g/mol. The smallest absolute Gasteiger partial charge is 0.255 e. The quantitative estimate of drug-likeness (QED) is 0.743. The molecule has 4 nitrogen and oxygen atoms in total. The van der Waals surface area contributed by atoms with Crippen molar-refractivity contribution >= 4 is 10.9 Å². The Morgan fingerprint density at radius 1 is 1.17 bits per heavy atom. The Morgan fingerprint density at radius 3 is 2.65 bits per heavy atom. The van der Waals surface area contributed by atoms with Gasteiger partial charge in [-0.25, -0.2) is 0 Å². The van der Waals surface area contributed by atoms with Gasteiger partial charge < -0.3 is 4.57 Å². The maximum atomic E-state index is 12.6. The normalized spacial score (nSPS) is 12.7. The number of nitrogens with zero attached hydrogens (tertiary/aromatic N) is 3. The van der Waals surface area contributed by atoms with E-state index < -0.39 is 0 Å². The van der Waals surface area contributed by atoms with E-state index in [1.807, 2.05) is 62.6 Å². The number of para-hydroxylation sites is 1. The second-order valence-electron chi connectivity index (χ2n) is 5.94. The molecule has 1 aromatic carbocycles. The van der Waals surface area contributed by atoms with E-state index >= 15 is 0 Å². The topological polar surface area (TPSA) is 38.1 Å². The van der Waals surface area contributed by atoms with Crippen molar-refractivity contribution in [3.8, 4) is 0 Å². The van der Waals surface area contributed by atoms with E-state index in [0.717, 1.165) is 22.2 Å². The maximum Gasteiger partial charge on any atom is 0.255 e. The Hall–Kier alpha value is -2.46. The zero-order valence-electron chi connectivity index (χ0n) is 13.7. The van der Waals surface area contributed by atoms with Crippen LogP contribution in [0.4, 0.5) is 0 Å². The van der Waals surface area contributed by atoms with Gasteiger partial charge in [-0.1, -0.05) is 24.3 Å². The van der Waals surface area contributed by atoms with Crippen molar-refractivity contribution in [1.29, 1.82) is 0 Å². The zero-order valence-corrected chi connectivity index (χ0v) is 13.7. The van der Waals surface area contributed by atoms with E-state index in [0.29, 0.717) is 6.54 Å². The van der Waals surface area contributed by atoms with E-state index in [4.69, 9.17) is 0 Å². The molecular formula is C19H21N3O. The molecule has 0 amide bonds. The molecule has 0 fully saturated rings. The van der Waals surface area contributed by atoms with Crippen molar-refractivity contribution in [1.82, 2.24) is 14.5 Å². The van der Waals surface area contributed by atoms with Crippen molar-refractivity contribution in [2.75, 3.05) is 7.05 Å². The standard InChI is InChI=1S/C19H21N3O/c1-14(17-9-6-7-11-20-17)21(2)13-16-12-15-8-4-5-10-18(15)22(3)19(16)23/h4-12,14H,13H2,1-3H3/t14-/m1/s1. The Morgan fingerprint density at radius 2 is 1.91 bits per heavy atom. The lowest BCUT2D eigenvalue weighted by atomic mass is 10.1. The minimum atomic E-state index is 0.0590. The monoisotopic (exact) mass is 307 g/mol. The van der Waals surface area contributed by atoms with Gasteiger partial charge in [-0.15, -0.1) is 0 Å². The number of rotatable bonds is 4. The van der Waals surface area contributed by atoms with E-state index in [2.05, 4.69) is 16.8 Å². The highest BCUT2D eigenvalue weighted by Crippen LogP contribution is 2.19. The summed E-state index contributed by atoms with van der Waals surface area (Å²) >= 11 is 0. The molecule has 2 heterocycles. The molecule has 3 aromatic rings. The minimum Gasteiger partial charge on any atom is -0.311 e. The number of hydrogen-bond acceptors (Lipinski definition) is 3. The summed E-state index contributed by atoms with van der Waals surface area (Å²) in [4.78, 5) is 19.2. The molecule has 1 atom stereocenters. The van der Waals surface area contributed by atoms with Gasteiger partial charge in [0.25, 0.3) is 5.56 Å². The minimum absolute atomic E-state index is 0.0590. The first kappa shape index (κ1) is 15.4. The van der Waals surface area contributed by atoms with Crippen molar-refractivity contribution in [3.05, 3.63) is 76.3 Å². The zero-order chi connectivity index (χ0) is 16.4. The summed E-state index contributed by atoms with van der Waals surface area (Å²) in [5.41, 5.74) is 2.83. The van der Waals surface area contributed by atoms with E-state index in [-0.39, 0.29) is 11.6 Å². The first-order valence-electron chi connectivity index (χ1n) is 7.76.